The fraction of sp³-hybridized carbons (Fsp3) is 0.241. The molecular formula is C29H30ClFN8O2. The standard InChI is InChI=1S/C29H29FN8O2.ClH/c1-20-7-9-24(10-8-20)32-27-33-28(36-31-19-23-18-25(38(39)40)11-12-26(23)30)35-29(34-27)37-15-13-22(14-16-37)17-21-5-3-2-4-6-21;/h2-12,18-19,22H,13-17H2,1H3,(H2,32,33,34,35,36);1H/b31-19-;. The zero-order chi connectivity index (χ0) is 27.9. The summed E-state index contributed by atoms with van der Waals surface area (Å²) in [7, 11) is 0. The zero-order valence-electron chi connectivity index (χ0n) is 22.4. The number of aromatic nitrogens is 3. The van der Waals surface area contributed by atoms with Crippen molar-refractivity contribution >= 4 is 47.8 Å². The van der Waals surface area contributed by atoms with Crippen LogP contribution in [0, 0.1) is 28.8 Å². The number of aryl methyl sites for hydroxylation is 1. The van der Waals surface area contributed by atoms with Gasteiger partial charge in [-0.2, -0.15) is 20.1 Å². The van der Waals surface area contributed by atoms with E-state index in [-0.39, 0.29) is 29.6 Å². The molecule has 2 N–H and O–H groups in total. The summed E-state index contributed by atoms with van der Waals surface area (Å²) in [6.07, 6.45) is 4.22. The molecule has 4 aromatic rings. The van der Waals surface area contributed by atoms with Gasteiger partial charge >= 0.3 is 0 Å². The molecule has 1 aliphatic rings. The van der Waals surface area contributed by atoms with Crippen molar-refractivity contribution in [3.63, 3.8) is 0 Å². The number of nitrogens with one attached hydrogen (secondary N) is 2. The summed E-state index contributed by atoms with van der Waals surface area (Å²) in [6.45, 7) is 3.61. The fourth-order valence-electron chi connectivity index (χ4n) is 4.57. The number of hydrogen-bond acceptors (Lipinski definition) is 9. The Kier molecular flexibility index (Phi) is 9.75. The molecule has 5 rings (SSSR count). The zero-order valence-corrected chi connectivity index (χ0v) is 23.2. The molecule has 10 nitrogen and oxygen atoms in total. The van der Waals surface area contributed by atoms with Gasteiger partial charge in [0.1, 0.15) is 5.82 Å². The number of hydrogen-bond donors (Lipinski definition) is 2. The van der Waals surface area contributed by atoms with Crippen LogP contribution in [0.5, 0.6) is 0 Å². The third-order valence-electron chi connectivity index (χ3n) is 6.75. The van der Waals surface area contributed by atoms with Gasteiger partial charge in [-0.05, 0) is 55.9 Å². The van der Waals surface area contributed by atoms with E-state index in [0.29, 0.717) is 17.8 Å². The number of nitro benzene ring substituents is 1. The summed E-state index contributed by atoms with van der Waals surface area (Å²) in [5.41, 5.74) is 5.76. The molecule has 0 spiro atoms. The number of anilines is 4. The van der Waals surface area contributed by atoms with E-state index < -0.39 is 10.7 Å². The number of benzene rings is 3. The molecule has 0 bridgehead atoms. The second-order valence-electron chi connectivity index (χ2n) is 9.73. The lowest BCUT2D eigenvalue weighted by atomic mass is 9.90. The normalized spacial score (nSPS) is 13.6. The van der Waals surface area contributed by atoms with E-state index in [9.17, 15) is 14.5 Å². The van der Waals surface area contributed by atoms with Gasteiger partial charge in [-0.15, -0.1) is 12.4 Å². The van der Waals surface area contributed by atoms with E-state index in [1.807, 2.05) is 37.3 Å². The summed E-state index contributed by atoms with van der Waals surface area (Å²) < 4.78 is 14.2. The quantitative estimate of drug-likeness (QED) is 0.135. The Bertz CT molecular complexity index is 1500. The predicted octanol–water partition coefficient (Wildman–Crippen LogP) is 6.30. The van der Waals surface area contributed by atoms with Crippen molar-refractivity contribution < 1.29 is 9.31 Å². The van der Waals surface area contributed by atoms with Gasteiger partial charge in [0, 0.05) is 36.5 Å². The first-order valence-corrected chi connectivity index (χ1v) is 13.0. The molecule has 2 heterocycles. The third kappa shape index (κ3) is 7.95. The van der Waals surface area contributed by atoms with Crippen molar-refractivity contribution in [3.8, 4) is 0 Å². The summed E-state index contributed by atoms with van der Waals surface area (Å²) in [5, 5.41) is 18.3. The lowest BCUT2D eigenvalue weighted by molar-refractivity contribution is -0.384. The molecule has 3 aromatic carbocycles. The maximum absolute atomic E-state index is 14.2. The van der Waals surface area contributed by atoms with Crippen LogP contribution >= 0.6 is 12.4 Å². The van der Waals surface area contributed by atoms with Gasteiger partial charge in [0.05, 0.1) is 11.1 Å². The average molecular weight is 577 g/mol. The Morgan fingerprint density at radius 1 is 1.02 bits per heavy atom. The van der Waals surface area contributed by atoms with E-state index >= 15 is 0 Å². The van der Waals surface area contributed by atoms with Crippen molar-refractivity contribution in [3.05, 3.63) is 105 Å². The van der Waals surface area contributed by atoms with E-state index in [0.717, 1.165) is 68.0 Å². The molecule has 1 fully saturated rings. The average Bonchev–Trinajstić information content (AvgIpc) is 2.96. The van der Waals surface area contributed by atoms with Crippen LogP contribution in [0.15, 0.2) is 77.9 Å². The maximum Gasteiger partial charge on any atom is 0.270 e. The van der Waals surface area contributed by atoms with Crippen LogP contribution in [-0.4, -0.2) is 39.2 Å². The van der Waals surface area contributed by atoms with Gasteiger partial charge < -0.3 is 10.2 Å². The fourth-order valence-corrected chi connectivity index (χ4v) is 4.57. The monoisotopic (exact) mass is 576 g/mol. The first-order valence-electron chi connectivity index (χ1n) is 13.0. The summed E-state index contributed by atoms with van der Waals surface area (Å²) >= 11 is 0. The molecule has 0 atom stereocenters. The van der Waals surface area contributed by atoms with Gasteiger partial charge in [-0.1, -0.05) is 48.0 Å². The molecule has 0 amide bonds. The number of nitro groups is 1. The second-order valence-corrected chi connectivity index (χ2v) is 9.73. The van der Waals surface area contributed by atoms with Crippen LogP contribution in [0.1, 0.15) is 29.5 Å². The second kappa shape index (κ2) is 13.6. The highest BCUT2D eigenvalue weighted by atomic mass is 35.5. The van der Waals surface area contributed by atoms with Crippen LogP contribution < -0.4 is 15.6 Å². The molecule has 0 aliphatic carbocycles. The molecule has 41 heavy (non-hydrogen) atoms. The number of piperidine rings is 1. The molecule has 1 aliphatic heterocycles. The van der Waals surface area contributed by atoms with Crippen molar-refractivity contribution in [2.75, 3.05) is 28.7 Å². The molecular weight excluding hydrogens is 547 g/mol. The molecule has 12 heteroatoms. The minimum atomic E-state index is -0.632. The Morgan fingerprint density at radius 3 is 2.44 bits per heavy atom. The van der Waals surface area contributed by atoms with E-state index in [1.54, 1.807) is 0 Å². The third-order valence-corrected chi connectivity index (χ3v) is 6.75. The van der Waals surface area contributed by atoms with Crippen molar-refractivity contribution in [2.24, 2.45) is 11.0 Å². The van der Waals surface area contributed by atoms with Gasteiger partial charge in [0.25, 0.3) is 5.69 Å². The van der Waals surface area contributed by atoms with Gasteiger partial charge in [0.15, 0.2) is 0 Å². The predicted molar refractivity (Wildman–Crippen MR) is 161 cm³/mol. The highest BCUT2D eigenvalue weighted by molar-refractivity contribution is 5.85. The van der Waals surface area contributed by atoms with Crippen LogP contribution in [-0.2, 0) is 6.42 Å². The Labute approximate surface area is 243 Å². The minimum Gasteiger partial charge on any atom is -0.341 e. The minimum absolute atomic E-state index is 0. The van der Waals surface area contributed by atoms with Crippen molar-refractivity contribution in [2.45, 2.75) is 26.2 Å². The summed E-state index contributed by atoms with van der Waals surface area (Å²) in [4.78, 5) is 26.2. The molecule has 1 aromatic heterocycles. The lowest BCUT2D eigenvalue weighted by Crippen LogP contribution is -2.35. The maximum atomic E-state index is 14.2. The number of non-ortho nitro benzene ring substituents is 1. The molecule has 0 saturated carbocycles. The van der Waals surface area contributed by atoms with Gasteiger partial charge in [-0.3, -0.25) is 10.1 Å². The first kappa shape index (κ1) is 29.3. The molecule has 212 valence electrons. The molecule has 0 unspecified atom stereocenters. The highest BCUT2D eigenvalue weighted by Gasteiger charge is 2.22. The SMILES string of the molecule is Cc1ccc(Nc2nc(N/N=C\c3cc([N+](=O)[O-])ccc3F)nc(N3CCC(Cc4ccccc4)CC3)n2)cc1.Cl. The highest BCUT2D eigenvalue weighted by Crippen LogP contribution is 2.26. The lowest BCUT2D eigenvalue weighted by Gasteiger charge is -2.32. The Morgan fingerprint density at radius 2 is 1.73 bits per heavy atom. The first-order chi connectivity index (χ1) is 19.4. The number of nitrogens with zero attached hydrogens (tertiary/aromatic N) is 6. The summed E-state index contributed by atoms with van der Waals surface area (Å²) in [5.74, 6) is 0.944. The van der Waals surface area contributed by atoms with Crippen molar-refractivity contribution in [1.29, 1.82) is 0 Å². The van der Waals surface area contributed by atoms with Crippen LogP contribution in [0.3, 0.4) is 0 Å². The number of rotatable bonds is 9. The Hall–Kier alpha value is -4.64. The van der Waals surface area contributed by atoms with Crippen LogP contribution in [0.2, 0.25) is 0 Å². The van der Waals surface area contributed by atoms with E-state index in [2.05, 4.69) is 60.0 Å². The number of hydrazone groups is 1. The largest absolute Gasteiger partial charge is 0.341 e. The van der Waals surface area contributed by atoms with Gasteiger partial charge in [0.2, 0.25) is 17.8 Å². The van der Waals surface area contributed by atoms with Crippen molar-refractivity contribution in [1.82, 2.24) is 15.0 Å². The Balaban J connectivity index is 0.00000387. The van der Waals surface area contributed by atoms with E-state index in [1.165, 1.54) is 5.56 Å². The smallest absolute Gasteiger partial charge is 0.270 e. The van der Waals surface area contributed by atoms with Crippen LogP contribution in [0.4, 0.5) is 33.6 Å². The van der Waals surface area contributed by atoms with Crippen LogP contribution in [0.25, 0.3) is 0 Å². The molecule has 1 saturated heterocycles. The summed E-state index contributed by atoms with van der Waals surface area (Å²) in [6, 6.07) is 21.6. The van der Waals surface area contributed by atoms with E-state index in [4.69, 9.17) is 0 Å². The number of halogens is 2. The topological polar surface area (TPSA) is 121 Å². The molecule has 0 radical (unpaired) electrons. The van der Waals surface area contributed by atoms with Gasteiger partial charge in [-0.25, -0.2) is 9.82 Å².